The highest BCUT2D eigenvalue weighted by Gasteiger charge is 2.18. The van der Waals surface area contributed by atoms with Gasteiger partial charge in [0.1, 0.15) is 11.5 Å². The molecule has 1 aromatic carbocycles. The van der Waals surface area contributed by atoms with Gasteiger partial charge < -0.3 is 10.2 Å². The zero-order chi connectivity index (χ0) is 14.0. The Morgan fingerprint density at radius 2 is 1.89 bits per heavy atom. The molecule has 1 N–H and O–H groups in total. The maximum Gasteiger partial charge on any atom is 0.202 e. The first-order valence-electron chi connectivity index (χ1n) is 5.99. The fourth-order valence-corrected chi connectivity index (χ4v) is 1.60. The summed E-state index contributed by atoms with van der Waals surface area (Å²) in [6.45, 7) is 5.55. The van der Waals surface area contributed by atoms with Gasteiger partial charge in [0, 0.05) is 37.6 Å². The minimum Gasteiger partial charge on any atom is -0.623 e. The van der Waals surface area contributed by atoms with Gasteiger partial charge >= 0.3 is 0 Å². The van der Waals surface area contributed by atoms with Crippen molar-refractivity contribution in [2.75, 3.05) is 0 Å². The van der Waals surface area contributed by atoms with Gasteiger partial charge in [0.25, 0.3) is 0 Å². The highest BCUT2D eigenvalue weighted by Crippen LogP contribution is 2.18. The molecule has 0 bridgehead atoms. The van der Waals surface area contributed by atoms with Crippen molar-refractivity contribution in [2.24, 2.45) is 0 Å². The van der Waals surface area contributed by atoms with Gasteiger partial charge in [0.2, 0.25) is 6.21 Å². The molecule has 100 valence electrons. The maximum absolute atomic E-state index is 11.8. The van der Waals surface area contributed by atoms with Crippen molar-refractivity contribution in [3.05, 3.63) is 46.4 Å². The van der Waals surface area contributed by atoms with Crippen molar-refractivity contribution >= 4 is 17.8 Å². The lowest BCUT2D eigenvalue weighted by molar-refractivity contribution is -0.530. The third-order valence-corrected chi connectivity index (χ3v) is 2.88. The highest BCUT2D eigenvalue weighted by atomic mass is 35.5. The molecule has 1 heterocycles. The van der Waals surface area contributed by atoms with Gasteiger partial charge in [-0.15, -0.1) is 0 Å². The lowest BCUT2D eigenvalue weighted by atomic mass is 10.1. The number of aromatic amines is 1. The summed E-state index contributed by atoms with van der Waals surface area (Å²) in [6, 6.07) is 7.36. The van der Waals surface area contributed by atoms with Crippen LogP contribution in [-0.2, 0) is 0 Å². The number of nitrogens with one attached hydrogen (secondary N) is 1. The van der Waals surface area contributed by atoms with E-state index in [-0.39, 0.29) is 0 Å². The van der Waals surface area contributed by atoms with Crippen LogP contribution in [0.1, 0.15) is 26.5 Å². The number of imidazole rings is 1. The standard InChI is InChI=1S/C14H16ClN3O/c1-14(2,3)18(19)9-12-8-16-13(17-12)10-4-6-11(15)7-5-10/h4-9H,1-3H3,(H,16,17)/b18-9-. The van der Waals surface area contributed by atoms with Gasteiger partial charge in [0.15, 0.2) is 5.54 Å². The van der Waals surface area contributed by atoms with E-state index in [4.69, 9.17) is 11.6 Å². The summed E-state index contributed by atoms with van der Waals surface area (Å²) >= 11 is 5.84. The number of hydrogen-bond donors (Lipinski definition) is 1. The van der Waals surface area contributed by atoms with Crippen LogP contribution in [0.25, 0.3) is 11.4 Å². The van der Waals surface area contributed by atoms with E-state index in [1.807, 2.05) is 32.9 Å². The average molecular weight is 278 g/mol. The molecule has 0 aliphatic carbocycles. The average Bonchev–Trinajstić information content (AvgIpc) is 2.77. The predicted octanol–water partition coefficient (Wildman–Crippen LogP) is 3.46. The number of nitrogens with zero attached hydrogens (tertiary/aromatic N) is 2. The van der Waals surface area contributed by atoms with Crippen LogP contribution in [0.5, 0.6) is 0 Å². The van der Waals surface area contributed by atoms with Crippen molar-refractivity contribution in [3.8, 4) is 11.4 Å². The van der Waals surface area contributed by atoms with Crippen molar-refractivity contribution in [1.82, 2.24) is 9.97 Å². The lowest BCUT2D eigenvalue weighted by Gasteiger charge is -2.17. The van der Waals surface area contributed by atoms with Crippen LogP contribution in [0, 0.1) is 5.21 Å². The first-order chi connectivity index (χ1) is 8.86. The second kappa shape index (κ2) is 5.05. The molecule has 0 fully saturated rings. The topological polar surface area (TPSA) is 54.8 Å². The Balaban J connectivity index is 2.27. The number of benzene rings is 1. The Morgan fingerprint density at radius 1 is 1.26 bits per heavy atom. The number of hydrogen-bond acceptors (Lipinski definition) is 2. The molecule has 0 spiro atoms. The van der Waals surface area contributed by atoms with E-state index in [0.717, 1.165) is 10.3 Å². The van der Waals surface area contributed by atoms with Gasteiger partial charge in [-0.3, -0.25) is 0 Å². The predicted molar refractivity (Wildman–Crippen MR) is 77.6 cm³/mol. The molecule has 0 saturated heterocycles. The summed E-state index contributed by atoms with van der Waals surface area (Å²) in [5.74, 6) is 0.713. The zero-order valence-corrected chi connectivity index (χ0v) is 11.9. The normalized spacial score (nSPS) is 12.7. The van der Waals surface area contributed by atoms with Crippen molar-refractivity contribution in [1.29, 1.82) is 0 Å². The van der Waals surface area contributed by atoms with Crippen LogP contribution in [0.3, 0.4) is 0 Å². The maximum atomic E-state index is 11.8. The van der Waals surface area contributed by atoms with Crippen LogP contribution in [-0.4, -0.2) is 26.5 Å². The molecule has 1 aromatic heterocycles. The number of aromatic nitrogens is 2. The minimum absolute atomic E-state index is 0.473. The Hall–Kier alpha value is -1.81. The van der Waals surface area contributed by atoms with E-state index in [1.54, 1.807) is 18.3 Å². The molecule has 19 heavy (non-hydrogen) atoms. The van der Waals surface area contributed by atoms with Crippen molar-refractivity contribution in [3.63, 3.8) is 0 Å². The smallest absolute Gasteiger partial charge is 0.202 e. The van der Waals surface area contributed by atoms with Gasteiger partial charge in [0.05, 0.1) is 0 Å². The molecule has 0 saturated carbocycles. The fourth-order valence-electron chi connectivity index (χ4n) is 1.47. The second-order valence-corrected chi connectivity index (χ2v) is 5.74. The molecule has 0 radical (unpaired) electrons. The molecule has 2 rings (SSSR count). The van der Waals surface area contributed by atoms with Gasteiger partial charge in [-0.25, -0.2) is 9.72 Å². The quantitative estimate of drug-likeness (QED) is 0.396. The summed E-state index contributed by atoms with van der Waals surface area (Å²) in [5, 5.41) is 12.5. The van der Waals surface area contributed by atoms with Crippen LogP contribution in [0.2, 0.25) is 5.02 Å². The first kappa shape index (κ1) is 13.6. The fraction of sp³-hybridized carbons (Fsp3) is 0.286. The number of H-pyrrole nitrogens is 1. The molecule has 5 heteroatoms. The van der Waals surface area contributed by atoms with Gasteiger partial charge in [-0.2, -0.15) is 0 Å². The Bertz CT molecular complexity index is 594. The summed E-state index contributed by atoms with van der Waals surface area (Å²) < 4.78 is 0.898. The van der Waals surface area contributed by atoms with Crippen LogP contribution in [0.15, 0.2) is 30.5 Å². The summed E-state index contributed by atoms with van der Waals surface area (Å²) in [6.07, 6.45) is 3.19. The molecule has 2 aromatic rings. The molecular formula is C14H16ClN3O. The monoisotopic (exact) mass is 277 g/mol. The van der Waals surface area contributed by atoms with E-state index in [9.17, 15) is 5.21 Å². The number of halogens is 1. The molecule has 4 nitrogen and oxygen atoms in total. The third kappa shape index (κ3) is 3.35. The van der Waals surface area contributed by atoms with E-state index < -0.39 is 5.54 Å². The third-order valence-electron chi connectivity index (χ3n) is 2.63. The van der Waals surface area contributed by atoms with E-state index in [2.05, 4.69) is 9.97 Å². The second-order valence-electron chi connectivity index (χ2n) is 5.31. The van der Waals surface area contributed by atoms with Crippen LogP contribution in [0.4, 0.5) is 0 Å². The van der Waals surface area contributed by atoms with Crippen molar-refractivity contribution in [2.45, 2.75) is 26.3 Å². The van der Waals surface area contributed by atoms with Gasteiger partial charge in [-0.1, -0.05) is 11.6 Å². The van der Waals surface area contributed by atoms with Crippen molar-refractivity contribution < 1.29 is 4.74 Å². The highest BCUT2D eigenvalue weighted by molar-refractivity contribution is 6.30. The molecule has 0 amide bonds. The summed E-state index contributed by atoms with van der Waals surface area (Å²) in [4.78, 5) is 7.42. The van der Waals surface area contributed by atoms with E-state index in [1.165, 1.54) is 6.21 Å². The Kier molecular flexibility index (Phi) is 3.62. The van der Waals surface area contributed by atoms with Crippen LogP contribution >= 0.6 is 11.6 Å². The molecular weight excluding hydrogens is 262 g/mol. The molecule has 0 unspecified atom stereocenters. The van der Waals surface area contributed by atoms with Gasteiger partial charge in [-0.05, 0) is 24.3 Å². The minimum atomic E-state index is -0.473. The Morgan fingerprint density at radius 3 is 2.47 bits per heavy atom. The first-order valence-corrected chi connectivity index (χ1v) is 6.37. The lowest BCUT2D eigenvalue weighted by Crippen LogP contribution is -2.29. The number of hydroxylamine groups is 1. The zero-order valence-electron chi connectivity index (χ0n) is 11.1. The molecule has 0 aliphatic rings. The Labute approximate surface area is 117 Å². The SMILES string of the molecule is CC(C)(C)/[N+]([O-])=C/c1c[nH]c(-c2ccc(Cl)cc2)n1. The molecule has 0 aliphatic heterocycles. The largest absolute Gasteiger partial charge is 0.623 e. The summed E-state index contributed by atoms with van der Waals surface area (Å²) in [5.41, 5.74) is 1.06. The van der Waals surface area contributed by atoms with E-state index >= 15 is 0 Å². The number of rotatable bonds is 2. The van der Waals surface area contributed by atoms with E-state index in [0.29, 0.717) is 16.5 Å². The van der Waals surface area contributed by atoms with Crippen LogP contribution < -0.4 is 0 Å². The summed E-state index contributed by atoms with van der Waals surface area (Å²) in [7, 11) is 0. The molecule has 0 atom stereocenters.